The van der Waals surface area contributed by atoms with Gasteiger partial charge in [0, 0.05) is 31.4 Å². The van der Waals surface area contributed by atoms with Crippen LogP contribution in [0.2, 0.25) is 0 Å². The van der Waals surface area contributed by atoms with Crippen LogP contribution in [0.1, 0.15) is 18.4 Å². The van der Waals surface area contributed by atoms with Gasteiger partial charge in [0.15, 0.2) is 0 Å². The molecule has 1 aromatic carbocycles. The van der Waals surface area contributed by atoms with Crippen molar-refractivity contribution in [3.05, 3.63) is 54.2 Å². The van der Waals surface area contributed by atoms with Gasteiger partial charge in [-0.2, -0.15) is 0 Å². The number of hydrogen-bond donors (Lipinski definition) is 2. The highest BCUT2D eigenvalue weighted by Crippen LogP contribution is 2.19. The van der Waals surface area contributed by atoms with Gasteiger partial charge in [-0.1, -0.05) is 24.3 Å². The van der Waals surface area contributed by atoms with Crippen molar-refractivity contribution in [2.75, 3.05) is 13.1 Å². The number of hydrogen-bond acceptors (Lipinski definition) is 3. The summed E-state index contributed by atoms with van der Waals surface area (Å²) in [7, 11) is 0. The molecule has 2 aromatic rings. The molecule has 0 radical (unpaired) electrons. The van der Waals surface area contributed by atoms with Gasteiger partial charge in [-0.05, 0) is 36.6 Å². The predicted octanol–water partition coefficient (Wildman–Crippen LogP) is 2.16. The van der Waals surface area contributed by atoms with E-state index in [0.717, 1.165) is 29.7 Å². The van der Waals surface area contributed by atoms with E-state index in [-0.39, 0.29) is 11.8 Å². The maximum absolute atomic E-state index is 12.4. The normalized spacial score (nSPS) is 17.1. The highest BCUT2D eigenvalue weighted by Gasteiger charge is 2.27. The van der Waals surface area contributed by atoms with Crippen molar-refractivity contribution in [1.82, 2.24) is 15.2 Å². The molecule has 3 N–H and O–H groups in total. The fourth-order valence-corrected chi connectivity index (χ4v) is 3.10. The van der Waals surface area contributed by atoms with E-state index in [1.54, 1.807) is 6.20 Å². The third kappa shape index (κ3) is 4.35. The van der Waals surface area contributed by atoms with Gasteiger partial charge in [0.1, 0.15) is 0 Å². The molecule has 130 valence electrons. The molecule has 1 saturated heterocycles. The Hall–Kier alpha value is -2.89. The zero-order valence-electron chi connectivity index (χ0n) is 14.0. The van der Waals surface area contributed by atoms with Crippen molar-refractivity contribution in [2.24, 2.45) is 11.7 Å². The van der Waals surface area contributed by atoms with E-state index in [1.165, 1.54) is 4.90 Å². The molecular formula is C19H22N4O2. The number of primary amides is 1. The van der Waals surface area contributed by atoms with Crippen molar-refractivity contribution in [3.8, 4) is 11.3 Å². The number of amides is 3. The van der Waals surface area contributed by atoms with E-state index in [0.29, 0.717) is 19.6 Å². The van der Waals surface area contributed by atoms with Crippen LogP contribution in [0.25, 0.3) is 11.3 Å². The first-order chi connectivity index (χ1) is 12.1. The molecule has 6 heteroatoms. The summed E-state index contributed by atoms with van der Waals surface area (Å²) in [6, 6.07) is 13.3. The first-order valence-corrected chi connectivity index (χ1v) is 8.46. The Morgan fingerprint density at radius 3 is 2.88 bits per heavy atom. The number of urea groups is 1. The number of nitrogens with one attached hydrogen (secondary N) is 1. The number of rotatable bonds is 4. The summed E-state index contributed by atoms with van der Waals surface area (Å²) in [6.45, 7) is 1.48. The number of likely N-dealkylation sites (tertiary alicyclic amines) is 1. The van der Waals surface area contributed by atoms with Crippen LogP contribution < -0.4 is 11.1 Å². The van der Waals surface area contributed by atoms with Gasteiger partial charge >= 0.3 is 6.03 Å². The minimum absolute atomic E-state index is 0.0332. The van der Waals surface area contributed by atoms with Crippen LogP contribution >= 0.6 is 0 Å². The summed E-state index contributed by atoms with van der Waals surface area (Å²) < 4.78 is 0. The third-order valence-electron chi connectivity index (χ3n) is 4.46. The van der Waals surface area contributed by atoms with Gasteiger partial charge in [0.25, 0.3) is 0 Å². The third-order valence-corrected chi connectivity index (χ3v) is 4.46. The van der Waals surface area contributed by atoms with E-state index in [9.17, 15) is 9.59 Å². The van der Waals surface area contributed by atoms with Crippen molar-refractivity contribution in [1.29, 1.82) is 0 Å². The van der Waals surface area contributed by atoms with Crippen LogP contribution in [0.4, 0.5) is 4.79 Å². The van der Waals surface area contributed by atoms with Gasteiger partial charge in [0.2, 0.25) is 5.91 Å². The minimum Gasteiger partial charge on any atom is -0.352 e. The van der Waals surface area contributed by atoms with E-state index < -0.39 is 6.03 Å². The second kappa shape index (κ2) is 7.79. The largest absolute Gasteiger partial charge is 0.352 e. The topological polar surface area (TPSA) is 88.3 Å². The Labute approximate surface area is 147 Å². The van der Waals surface area contributed by atoms with Gasteiger partial charge < -0.3 is 16.0 Å². The Kier molecular flexibility index (Phi) is 5.28. The minimum atomic E-state index is -0.458. The van der Waals surface area contributed by atoms with Crippen molar-refractivity contribution >= 4 is 11.9 Å². The van der Waals surface area contributed by atoms with Crippen LogP contribution in [-0.2, 0) is 11.3 Å². The van der Waals surface area contributed by atoms with Crippen molar-refractivity contribution in [3.63, 3.8) is 0 Å². The summed E-state index contributed by atoms with van der Waals surface area (Å²) in [4.78, 5) is 29.6. The molecule has 0 bridgehead atoms. The molecule has 0 spiro atoms. The van der Waals surface area contributed by atoms with Crippen molar-refractivity contribution in [2.45, 2.75) is 19.4 Å². The molecule has 1 aliphatic rings. The van der Waals surface area contributed by atoms with E-state index in [4.69, 9.17) is 5.73 Å². The lowest BCUT2D eigenvalue weighted by Crippen LogP contribution is -2.47. The summed E-state index contributed by atoms with van der Waals surface area (Å²) >= 11 is 0. The lowest BCUT2D eigenvalue weighted by atomic mass is 9.97. The average Bonchev–Trinajstić information content (AvgIpc) is 2.67. The maximum atomic E-state index is 12.4. The SMILES string of the molecule is NC(=O)N1CCCC(C(=O)NCc2cccc(-c3ccccn3)c2)C1. The number of pyridine rings is 1. The summed E-state index contributed by atoms with van der Waals surface area (Å²) in [6.07, 6.45) is 3.34. The van der Waals surface area contributed by atoms with E-state index >= 15 is 0 Å². The van der Waals surface area contributed by atoms with Crippen LogP contribution in [-0.4, -0.2) is 34.9 Å². The molecule has 3 amide bonds. The smallest absolute Gasteiger partial charge is 0.314 e. The maximum Gasteiger partial charge on any atom is 0.314 e. The molecule has 1 atom stereocenters. The molecule has 6 nitrogen and oxygen atoms in total. The van der Waals surface area contributed by atoms with Crippen LogP contribution in [0.3, 0.4) is 0 Å². The molecule has 1 aliphatic heterocycles. The van der Waals surface area contributed by atoms with Crippen molar-refractivity contribution < 1.29 is 9.59 Å². The van der Waals surface area contributed by atoms with Crippen LogP contribution in [0.5, 0.6) is 0 Å². The fourth-order valence-electron chi connectivity index (χ4n) is 3.10. The second-order valence-corrected chi connectivity index (χ2v) is 6.26. The standard InChI is InChI=1S/C19H22N4O2/c20-19(25)23-10-4-7-16(13-23)18(24)22-12-14-5-3-6-15(11-14)17-8-1-2-9-21-17/h1-3,5-6,8-9,11,16H,4,7,10,12-13H2,(H2,20,25)(H,22,24). The first-order valence-electron chi connectivity index (χ1n) is 8.46. The lowest BCUT2D eigenvalue weighted by molar-refractivity contribution is -0.126. The Bertz CT molecular complexity index is 748. The number of nitrogens with two attached hydrogens (primary N) is 1. The molecule has 0 aliphatic carbocycles. The van der Waals surface area contributed by atoms with Gasteiger partial charge in [-0.25, -0.2) is 4.79 Å². The van der Waals surface area contributed by atoms with Gasteiger partial charge in [-0.3, -0.25) is 9.78 Å². The highest BCUT2D eigenvalue weighted by atomic mass is 16.2. The monoisotopic (exact) mass is 338 g/mol. The summed E-state index contributed by atoms with van der Waals surface area (Å²) in [5.41, 5.74) is 8.25. The quantitative estimate of drug-likeness (QED) is 0.895. The summed E-state index contributed by atoms with van der Waals surface area (Å²) in [5.74, 6) is -0.227. The molecular weight excluding hydrogens is 316 g/mol. The number of nitrogens with zero attached hydrogens (tertiary/aromatic N) is 2. The molecule has 25 heavy (non-hydrogen) atoms. The molecule has 1 fully saturated rings. The van der Waals surface area contributed by atoms with Crippen LogP contribution in [0, 0.1) is 5.92 Å². The molecule has 0 saturated carbocycles. The Morgan fingerprint density at radius 1 is 1.24 bits per heavy atom. The Morgan fingerprint density at radius 2 is 2.12 bits per heavy atom. The summed E-state index contributed by atoms with van der Waals surface area (Å²) in [5, 5.41) is 2.97. The number of carbonyl (C=O) groups is 2. The molecule has 1 unspecified atom stereocenters. The zero-order chi connectivity index (χ0) is 17.6. The Balaban J connectivity index is 1.60. The molecule has 1 aromatic heterocycles. The lowest BCUT2D eigenvalue weighted by Gasteiger charge is -2.30. The number of benzene rings is 1. The van der Waals surface area contributed by atoms with E-state index in [2.05, 4.69) is 10.3 Å². The highest BCUT2D eigenvalue weighted by molar-refractivity contribution is 5.80. The number of aromatic nitrogens is 1. The van der Waals surface area contributed by atoms with E-state index in [1.807, 2.05) is 42.5 Å². The second-order valence-electron chi connectivity index (χ2n) is 6.26. The predicted molar refractivity (Wildman–Crippen MR) is 95.4 cm³/mol. The fraction of sp³-hybridized carbons (Fsp3) is 0.316. The molecule has 3 rings (SSSR count). The van der Waals surface area contributed by atoms with Crippen LogP contribution in [0.15, 0.2) is 48.7 Å². The number of piperidine rings is 1. The number of carbonyl (C=O) groups excluding carboxylic acids is 2. The molecule has 2 heterocycles. The average molecular weight is 338 g/mol. The first kappa shape index (κ1) is 17.0. The van der Waals surface area contributed by atoms with Gasteiger partial charge in [0.05, 0.1) is 11.6 Å². The van der Waals surface area contributed by atoms with Gasteiger partial charge in [-0.15, -0.1) is 0 Å². The zero-order valence-corrected chi connectivity index (χ0v) is 14.0.